The van der Waals surface area contributed by atoms with E-state index in [1.807, 2.05) is 32.2 Å². The second kappa shape index (κ2) is 4.00. The summed E-state index contributed by atoms with van der Waals surface area (Å²) < 4.78 is 5.47. The van der Waals surface area contributed by atoms with Gasteiger partial charge in [0.25, 0.3) is 0 Å². The van der Waals surface area contributed by atoms with Crippen molar-refractivity contribution in [2.45, 2.75) is 6.92 Å². The standard InChI is InChI=1S/C10H15NO/c1-4-6-10-9(5-2)11(3)7-8-12-10/h4-6H,2,7-8H2,1,3H3/b6-4-. The molecule has 1 aliphatic heterocycles. The van der Waals surface area contributed by atoms with Gasteiger partial charge in [-0.1, -0.05) is 12.7 Å². The molecule has 0 aromatic heterocycles. The highest BCUT2D eigenvalue weighted by Crippen LogP contribution is 2.17. The van der Waals surface area contributed by atoms with Crippen LogP contribution in [0, 0.1) is 0 Å². The number of likely N-dealkylation sites (N-methyl/N-ethyl adjacent to an activating group) is 1. The molecule has 0 N–H and O–H groups in total. The summed E-state index contributed by atoms with van der Waals surface area (Å²) in [6.45, 7) is 7.42. The van der Waals surface area contributed by atoms with Crippen LogP contribution in [0.15, 0.2) is 36.3 Å². The fourth-order valence-electron chi connectivity index (χ4n) is 1.22. The maximum absolute atomic E-state index is 5.47. The Balaban J connectivity index is 2.93. The van der Waals surface area contributed by atoms with Crippen molar-refractivity contribution in [2.24, 2.45) is 0 Å². The van der Waals surface area contributed by atoms with Crippen LogP contribution in [-0.4, -0.2) is 25.1 Å². The van der Waals surface area contributed by atoms with Crippen molar-refractivity contribution in [1.82, 2.24) is 4.90 Å². The monoisotopic (exact) mass is 165 g/mol. The van der Waals surface area contributed by atoms with Gasteiger partial charge >= 0.3 is 0 Å². The fraction of sp³-hybridized carbons (Fsp3) is 0.400. The molecular weight excluding hydrogens is 150 g/mol. The zero-order chi connectivity index (χ0) is 8.97. The van der Waals surface area contributed by atoms with Crippen molar-refractivity contribution in [2.75, 3.05) is 20.2 Å². The minimum atomic E-state index is 0.757. The van der Waals surface area contributed by atoms with Crippen molar-refractivity contribution >= 4 is 0 Å². The average Bonchev–Trinajstić information content (AvgIpc) is 2.05. The van der Waals surface area contributed by atoms with Crippen molar-refractivity contribution < 1.29 is 4.74 Å². The summed E-state index contributed by atoms with van der Waals surface area (Å²) in [6.07, 6.45) is 5.76. The first kappa shape index (κ1) is 8.91. The Hall–Kier alpha value is -1.18. The molecule has 0 atom stereocenters. The molecule has 0 aromatic carbocycles. The van der Waals surface area contributed by atoms with Crippen LogP contribution in [0.25, 0.3) is 0 Å². The Kier molecular flexibility index (Phi) is 2.97. The maximum atomic E-state index is 5.47. The SMILES string of the molecule is C=CC1=C(/C=C\C)OCCN1C. The molecule has 2 nitrogen and oxygen atoms in total. The summed E-state index contributed by atoms with van der Waals surface area (Å²) in [6, 6.07) is 0. The van der Waals surface area contributed by atoms with Crippen LogP contribution in [0.4, 0.5) is 0 Å². The third-order valence-corrected chi connectivity index (χ3v) is 1.86. The molecule has 0 amide bonds. The molecule has 66 valence electrons. The van der Waals surface area contributed by atoms with Gasteiger partial charge in [0.2, 0.25) is 0 Å². The molecule has 0 unspecified atom stereocenters. The number of hydrogen-bond donors (Lipinski definition) is 0. The molecule has 1 heterocycles. The normalized spacial score (nSPS) is 18.3. The minimum Gasteiger partial charge on any atom is -0.490 e. The molecule has 0 saturated heterocycles. The Bertz CT molecular complexity index is 228. The summed E-state index contributed by atoms with van der Waals surface area (Å²) in [5, 5.41) is 0. The molecule has 0 radical (unpaired) electrons. The molecule has 1 aliphatic rings. The van der Waals surface area contributed by atoms with Crippen LogP contribution in [0.3, 0.4) is 0 Å². The summed E-state index contributed by atoms with van der Waals surface area (Å²) in [4.78, 5) is 2.14. The highest BCUT2D eigenvalue weighted by atomic mass is 16.5. The molecule has 0 saturated carbocycles. The quantitative estimate of drug-likeness (QED) is 0.620. The molecule has 12 heavy (non-hydrogen) atoms. The minimum absolute atomic E-state index is 0.757. The first-order chi connectivity index (χ1) is 5.79. The predicted molar refractivity (Wildman–Crippen MR) is 50.6 cm³/mol. The van der Waals surface area contributed by atoms with E-state index in [1.54, 1.807) is 0 Å². The molecule has 0 fully saturated rings. The van der Waals surface area contributed by atoms with E-state index < -0.39 is 0 Å². The van der Waals surface area contributed by atoms with E-state index in [0.29, 0.717) is 0 Å². The Labute approximate surface area is 73.8 Å². The Morgan fingerprint density at radius 3 is 2.92 bits per heavy atom. The van der Waals surface area contributed by atoms with Crippen LogP contribution < -0.4 is 0 Å². The van der Waals surface area contributed by atoms with E-state index in [1.165, 1.54) is 0 Å². The van der Waals surface area contributed by atoms with Gasteiger partial charge in [0.15, 0.2) is 0 Å². The predicted octanol–water partition coefficient (Wildman–Crippen LogP) is 1.92. The van der Waals surface area contributed by atoms with Crippen molar-refractivity contribution in [3.05, 3.63) is 36.3 Å². The van der Waals surface area contributed by atoms with Crippen LogP contribution in [-0.2, 0) is 4.74 Å². The average molecular weight is 165 g/mol. The highest BCUT2D eigenvalue weighted by Gasteiger charge is 2.12. The fourth-order valence-corrected chi connectivity index (χ4v) is 1.22. The topological polar surface area (TPSA) is 12.5 Å². The third-order valence-electron chi connectivity index (χ3n) is 1.86. The number of allylic oxidation sites excluding steroid dienone is 3. The second-order valence-corrected chi connectivity index (χ2v) is 2.72. The zero-order valence-electron chi connectivity index (χ0n) is 7.71. The van der Waals surface area contributed by atoms with Gasteiger partial charge in [-0.05, 0) is 19.1 Å². The third kappa shape index (κ3) is 1.70. The van der Waals surface area contributed by atoms with Gasteiger partial charge in [0.05, 0.1) is 12.2 Å². The van der Waals surface area contributed by atoms with Gasteiger partial charge in [-0.3, -0.25) is 0 Å². The van der Waals surface area contributed by atoms with Crippen LogP contribution in [0.5, 0.6) is 0 Å². The summed E-state index contributed by atoms with van der Waals surface area (Å²) in [5.74, 6) is 0.918. The Morgan fingerprint density at radius 1 is 1.58 bits per heavy atom. The summed E-state index contributed by atoms with van der Waals surface area (Å²) in [5.41, 5.74) is 1.07. The number of rotatable bonds is 2. The number of hydrogen-bond acceptors (Lipinski definition) is 2. The van der Waals surface area contributed by atoms with Crippen molar-refractivity contribution in [3.8, 4) is 0 Å². The van der Waals surface area contributed by atoms with Gasteiger partial charge in [0, 0.05) is 7.05 Å². The summed E-state index contributed by atoms with van der Waals surface area (Å²) >= 11 is 0. The van der Waals surface area contributed by atoms with E-state index in [2.05, 4.69) is 11.5 Å². The summed E-state index contributed by atoms with van der Waals surface area (Å²) in [7, 11) is 2.04. The smallest absolute Gasteiger partial charge is 0.142 e. The Morgan fingerprint density at radius 2 is 2.33 bits per heavy atom. The zero-order valence-corrected chi connectivity index (χ0v) is 7.71. The molecule has 0 spiro atoms. The second-order valence-electron chi connectivity index (χ2n) is 2.72. The van der Waals surface area contributed by atoms with Crippen LogP contribution in [0.2, 0.25) is 0 Å². The lowest BCUT2D eigenvalue weighted by molar-refractivity contribution is 0.157. The number of ether oxygens (including phenoxy) is 1. The molecule has 0 bridgehead atoms. The highest BCUT2D eigenvalue weighted by molar-refractivity contribution is 5.27. The van der Waals surface area contributed by atoms with Gasteiger partial charge in [-0.15, -0.1) is 0 Å². The number of nitrogens with zero attached hydrogens (tertiary/aromatic N) is 1. The van der Waals surface area contributed by atoms with Gasteiger partial charge in [-0.25, -0.2) is 0 Å². The molecule has 0 aliphatic carbocycles. The van der Waals surface area contributed by atoms with Crippen LogP contribution >= 0.6 is 0 Å². The van der Waals surface area contributed by atoms with E-state index in [0.717, 1.165) is 24.6 Å². The van der Waals surface area contributed by atoms with Crippen molar-refractivity contribution in [3.63, 3.8) is 0 Å². The molecule has 2 heteroatoms. The largest absolute Gasteiger partial charge is 0.490 e. The van der Waals surface area contributed by atoms with E-state index >= 15 is 0 Å². The van der Waals surface area contributed by atoms with E-state index in [-0.39, 0.29) is 0 Å². The first-order valence-electron chi connectivity index (χ1n) is 4.13. The first-order valence-corrected chi connectivity index (χ1v) is 4.13. The lowest BCUT2D eigenvalue weighted by Crippen LogP contribution is -2.27. The van der Waals surface area contributed by atoms with Gasteiger partial charge in [0.1, 0.15) is 12.4 Å². The maximum Gasteiger partial charge on any atom is 0.142 e. The van der Waals surface area contributed by atoms with Gasteiger partial charge < -0.3 is 9.64 Å². The molecule has 1 rings (SSSR count). The van der Waals surface area contributed by atoms with E-state index in [4.69, 9.17) is 4.74 Å². The van der Waals surface area contributed by atoms with E-state index in [9.17, 15) is 0 Å². The lowest BCUT2D eigenvalue weighted by Gasteiger charge is -2.27. The van der Waals surface area contributed by atoms with Crippen molar-refractivity contribution in [1.29, 1.82) is 0 Å². The van der Waals surface area contributed by atoms with Crippen LogP contribution in [0.1, 0.15) is 6.92 Å². The van der Waals surface area contributed by atoms with Gasteiger partial charge in [-0.2, -0.15) is 0 Å². The lowest BCUT2D eigenvalue weighted by atomic mass is 10.2. The molecule has 0 aromatic rings. The molecular formula is C10H15NO.